The number of aromatic nitrogens is 1. The Labute approximate surface area is 88.3 Å². The molecular weight excluding hydrogens is 196 g/mol. The van der Waals surface area contributed by atoms with E-state index in [2.05, 4.69) is 25.8 Å². The van der Waals surface area contributed by atoms with Gasteiger partial charge < -0.3 is 5.73 Å². The van der Waals surface area contributed by atoms with Crippen molar-refractivity contribution in [2.45, 2.75) is 33.6 Å². The van der Waals surface area contributed by atoms with Gasteiger partial charge in [-0.2, -0.15) is 0 Å². The molecule has 0 aromatic carbocycles. The molecule has 2 N–H and O–H groups in total. The van der Waals surface area contributed by atoms with Crippen LogP contribution in [0, 0.1) is 5.41 Å². The fraction of sp³-hybridized carbons (Fsp3) is 0.600. The Morgan fingerprint density at radius 3 is 2.64 bits per heavy atom. The molecule has 78 valence electrons. The summed E-state index contributed by atoms with van der Waals surface area (Å²) in [6.07, 6.45) is 1.99. The molecule has 0 saturated carbocycles. The molecule has 1 heterocycles. The molecule has 0 radical (unpaired) electrons. The second-order valence-electron chi connectivity index (χ2n) is 4.55. The van der Waals surface area contributed by atoms with Gasteiger partial charge in [0.25, 0.3) is 5.91 Å². The molecule has 0 spiro atoms. The van der Waals surface area contributed by atoms with Crippen molar-refractivity contribution in [2.75, 3.05) is 0 Å². The maximum Gasteiger partial charge on any atom is 0.268 e. The summed E-state index contributed by atoms with van der Waals surface area (Å²) in [4.78, 5) is 14.9. The second kappa shape index (κ2) is 4.09. The Kier molecular flexibility index (Phi) is 3.26. The lowest BCUT2D eigenvalue weighted by atomic mass is 9.91. The van der Waals surface area contributed by atoms with Crippen LogP contribution in [0.3, 0.4) is 0 Å². The molecular formula is C10H16N2OS. The first kappa shape index (κ1) is 11.2. The van der Waals surface area contributed by atoms with Gasteiger partial charge in [0.2, 0.25) is 0 Å². The Bertz CT molecular complexity index is 325. The van der Waals surface area contributed by atoms with Crippen molar-refractivity contribution in [3.63, 3.8) is 0 Å². The highest BCUT2D eigenvalue weighted by Gasteiger charge is 2.12. The highest BCUT2D eigenvalue weighted by atomic mass is 32.1. The van der Waals surface area contributed by atoms with Gasteiger partial charge in [-0.1, -0.05) is 20.8 Å². The molecule has 0 aliphatic rings. The third-order valence-electron chi connectivity index (χ3n) is 1.89. The average Bonchev–Trinajstić information content (AvgIpc) is 2.47. The second-order valence-corrected chi connectivity index (χ2v) is 5.49. The van der Waals surface area contributed by atoms with Crippen molar-refractivity contribution in [2.24, 2.45) is 11.1 Å². The first-order valence-electron chi connectivity index (χ1n) is 4.63. The quantitative estimate of drug-likeness (QED) is 0.835. The van der Waals surface area contributed by atoms with Crippen LogP contribution in [0.4, 0.5) is 0 Å². The van der Waals surface area contributed by atoms with Crippen molar-refractivity contribution in [3.05, 3.63) is 16.1 Å². The zero-order chi connectivity index (χ0) is 10.8. The van der Waals surface area contributed by atoms with Crippen LogP contribution in [-0.2, 0) is 6.42 Å². The number of amides is 1. The predicted octanol–water partition coefficient (Wildman–Crippen LogP) is 2.22. The zero-order valence-electron chi connectivity index (χ0n) is 8.83. The summed E-state index contributed by atoms with van der Waals surface area (Å²) in [5.41, 5.74) is 5.81. The van der Waals surface area contributed by atoms with Gasteiger partial charge in [0.05, 0.1) is 5.01 Å². The van der Waals surface area contributed by atoms with Crippen molar-refractivity contribution >= 4 is 17.2 Å². The van der Waals surface area contributed by atoms with Gasteiger partial charge in [-0.3, -0.25) is 4.79 Å². The molecule has 4 heteroatoms. The molecule has 14 heavy (non-hydrogen) atoms. The summed E-state index contributed by atoms with van der Waals surface area (Å²) < 4.78 is 0. The number of nitrogens with zero attached hydrogens (tertiary/aromatic N) is 1. The Hall–Kier alpha value is -0.900. The summed E-state index contributed by atoms with van der Waals surface area (Å²) in [6.45, 7) is 6.57. The molecule has 1 aromatic rings. The molecule has 1 aromatic heterocycles. The van der Waals surface area contributed by atoms with Crippen LogP contribution in [-0.4, -0.2) is 10.9 Å². The molecule has 0 bridgehead atoms. The SMILES string of the molecule is CC(C)(C)CCc1nc(C(N)=O)cs1. The van der Waals surface area contributed by atoms with E-state index in [9.17, 15) is 4.79 Å². The Morgan fingerprint density at radius 2 is 2.21 bits per heavy atom. The summed E-state index contributed by atoms with van der Waals surface area (Å²) in [5, 5.41) is 2.72. The van der Waals surface area contributed by atoms with E-state index < -0.39 is 5.91 Å². The molecule has 0 aliphatic heterocycles. The number of carbonyl (C=O) groups is 1. The number of carbonyl (C=O) groups excluding carboxylic acids is 1. The molecule has 3 nitrogen and oxygen atoms in total. The molecule has 0 unspecified atom stereocenters. The largest absolute Gasteiger partial charge is 0.364 e. The van der Waals surface area contributed by atoms with Crippen LogP contribution < -0.4 is 5.73 Å². The van der Waals surface area contributed by atoms with Crippen molar-refractivity contribution in [1.82, 2.24) is 4.98 Å². The minimum atomic E-state index is -0.441. The predicted molar refractivity (Wildman–Crippen MR) is 58.4 cm³/mol. The van der Waals surface area contributed by atoms with E-state index in [1.165, 1.54) is 11.3 Å². The number of hydrogen-bond acceptors (Lipinski definition) is 3. The Balaban J connectivity index is 2.56. The van der Waals surface area contributed by atoms with Crippen LogP contribution in [0.15, 0.2) is 5.38 Å². The highest BCUT2D eigenvalue weighted by molar-refractivity contribution is 7.09. The topological polar surface area (TPSA) is 56.0 Å². The van der Waals surface area contributed by atoms with Gasteiger partial charge in [-0.25, -0.2) is 4.98 Å². The fourth-order valence-electron chi connectivity index (χ4n) is 1.02. The van der Waals surface area contributed by atoms with Gasteiger partial charge in [-0.15, -0.1) is 11.3 Å². The van der Waals surface area contributed by atoms with Crippen LogP contribution >= 0.6 is 11.3 Å². The van der Waals surface area contributed by atoms with Crippen LogP contribution in [0.2, 0.25) is 0 Å². The number of thiazole rings is 1. The summed E-state index contributed by atoms with van der Waals surface area (Å²) in [5.74, 6) is -0.441. The van der Waals surface area contributed by atoms with Gasteiger partial charge in [0, 0.05) is 5.38 Å². The monoisotopic (exact) mass is 212 g/mol. The molecule has 0 aliphatic carbocycles. The van der Waals surface area contributed by atoms with E-state index >= 15 is 0 Å². The summed E-state index contributed by atoms with van der Waals surface area (Å²) in [6, 6.07) is 0. The van der Waals surface area contributed by atoms with E-state index in [1.54, 1.807) is 5.38 Å². The third-order valence-corrected chi connectivity index (χ3v) is 2.80. The summed E-state index contributed by atoms with van der Waals surface area (Å²) in [7, 11) is 0. The number of primary amides is 1. The minimum Gasteiger partial charge on any atom is -0.364 e. The molecule has 0 atom stereocenters. The fourth-order valence-corrected chi connectivity index (χ4v) is 1.81. The number of hydrogen-bond donors (Lipinski definition) is 1. The van der Waals surface area contributed by atoms with Crippen LogP contribution in [0.25, 0.3) is 0 Å². The lowest BCUT2D eigenvalue weighted by molar-refractivity contribution is 0.0996. The normalized spacial score (nSPS) is 11.6. The van der Waals surface area contributed by atoms with Crippen molar-refractivity contribution in [3.8, 4) is 0 Å². The minimum absolute atomic E-state index is 0.304. The van der Waals surface area contributed by atoms with E-state index in [-0.39, 0.29) is 0 Å². The zero-order valence-corrected chi connectivity index (χ0v) is 9.65. The highest BCUT2D eigenvalue weighted by Crippen LogP contribution is 2.22. The van der Waals surface area contributed by atoms with Gasteiger partial charge in [-0.05, 0) is 18.3 Å². The number of rotatable bonds is 3. The lowest BCUT2D eigenvalue weighted by Crippen LogP contribution is -2.11. The van der Waals surface area contributed by atoms with E-state index in [0.717, 1.165) is 17.8 Å². The summed E-state index contributed by atoms with van der Waals surface area (Å²) >= 11 is 1.51. The smallest absolute Gasteiger partial charge is 0.268 e. The molecule has 1 rings (SSSR count). The van der Waals surface area contributed by atoms with Gasteiger partial charge in [0.1, 0.15) is 5.69 Å². The van der Waals surface area contributed by atoms with Gasteiger partial charge >= 0.3 is 0 Å². The Morgan fingerprint density at radius 1 is 1.57 bits per heavy atom. The number of nitrogens with two attached hydrogens (primary N) is 1. The van der Waals surface area contributed by atoms with Gasteiger partial charge in [0.15, 0.2) is 0 Å². The number of aryl methyl sites for hydroxylation is 1. The van der Waals surface area contributed by atoms with Crippen molar-refractivity contribution < 1.29 is 4.79 Å². The van der Waals surface area contributed by atoms with E-state index in [1.807, 2.05) is 0 Å². The van der Waals surface area contributed by atoms with Crippen LogP contribution in [0.5, 0.6) is 0 Å². The molecule has 0 saturated heterocycles. The van der Waals surface area contributed by atoms with E-state index in [4.69, 9.17) is 5.73 Å². The molecule has 1 amide bonds. The van der Waals surface area contributed by atoms with Crippen molar-refractivity contribution in [1.29, 1.82) is 0 Å². The third kappa shape index (κ3) is 3.46. The maximum absolute atomic E-state index is 10.8. The lowest BCUT2D eigenvalue weighted by Gasteiger charge is -2.16. The van der Waals surface area contributed by atoms with E-state index in [0.29, 0.717) is 11.1 Å². The first-order chi connectivity index (χ1) is 6.38. The standard InChI is InChI=1S/C10H16N2OS/c1-10(2,3)5-4-8-12-7(6-14-8)9(11)13/h6H,4-5H2,1-3H3,(H2,11,13). The maximum atomic E-state index is 10.8. The average molecular weight is 212 g/mol. The first-order valence-corrected chi connectivity index (χ1v) is 5.51. The van der Waals surface area contributed by atoms with Crippen LogP contribution in [0.1, 0.15) is 42.7 Å². The molecule has 0 fully saturated rings.